The second kappa shape index (κ2) is 9.58. The molecule has 0 aromatic heterocycles. The Morgan fingerprint density at radius 1 is 1.15 bits per heavy atom. The zero-order chi connectivity index (χ0) is 15.7. The van der Waals surface area contributed by atoms with Gasteiger partial charge in [-0.1, -0.05) is 13.8 Å². The summed E-state index contributed by atoms with van der Waals surface area (Å²) in [7, 11) is 1.99. The van der Waals surface area contributed by atoms with Crippen LogP contribution in [0.5, 0.6) is 0 Å². The average molecular weight is 287 g/mol. The van der Waals surface area contributed by atoms with Gasteiger partial charge in [-0.3, -0.25) is 4.79 Å². The van der Waals surface area contributed by atoms with E-state index in [0.29, 0.717) is 24.9 Å². The first kappa shape index (κ1) is 18.7. The molecule has 0 heterocycles. The highest BCUT2D eigenvalue weighted by Gasteiger charge is 2.19. The average Bonchev–Trinajstić information content (AvgIpc) is 2.33. The van der Waals surface area contributed by atoms with Gasteiger partial charge in [0.2, 0.25) is 0 Å². The van der Waals surface area contributed by atoms with Gasteiger partial charge in [0.05, 0.1) is 5.92 Å². The highest BCUT2D eigenvalue weighted by atomic mass is 16.4. The third kappa shape index (κ3) is 8.74. The van der Waals surface area contributed by atoms with Crippen molar-refractivity contribution in [2.45, 2.75) is 40.2 Å². The van der Waals surface area contributed by atoms with Crippen LogP contribution in [-0.2, 0) is 4.79 Å². The van der Waals surface area contributed by atoms with Crippen LogP contribution in [0, 0.1) is 11.8 Å². The van der Waals surface area contributed by atoms with Crippen molar-refractivity contribution < 1.29 is 14.7 Å². The molecule has 0 aliphatic rings. The van der Waals surface area contributed by atoms with Gasteiger partial charge in [0.15, 0.2) is 0 Å². The molecular formula is C14H29N3O3. The Balaban J connectivity index is 3.93. The van der Waals surface area contributed by atoms with Crippen molar-refractivity contribution in [3.8, 4) is 0 Å². The Labute approximate surface area is 121 Å². The summed E-state index contributed by atoms with van der Waals surface area (Å²) in [6.07, 6.45) is 0.561. The van der Waals surface area contributed by atoms with Crippen LogP contribution in [0.25, 0.3) is 0 Å². The van der Waals surface area contributed by atoms with Gasteiger partial charge in [0, 0.05) is 25.7 Å². The molecule has 6 nitrogen and oxygen atoms in total. The van der Waals surface area contributed by atoms with Crippen molar-refractivity contribution in [1.82, 2.24) is 15.5 Å². The van der Waals surface area contributed by atoms with Crippen molar-refractivity contribution in [2.75, 3.05) is 26.7 Å². The van der Waals surface area contributed by atoms with Crippen molar-refractivity contribution in [1.29, 1.82) is 0 Å². The molecule has 20 heavy (non-hydrogen) atoms. The molecule has 1 atom stereocenters. The normalized spacial score (nSPS) is 12.8. The molecule has 1 unspecified atom stereocenters. The minimum absolute atomic E-state index is 0.166. The molecule has 6 heteroatoms. The number of nitrogens with one attached hydrogen (secondary N) is 2. The number of aliphatic carboxylic acids is 1. The number of urea groups is 1. The smallest absolute Gasteiger partial charge is 0.314 e. The summed E-state index contributed by atoms with van der Waals surface area (Å²) in [6, 6.07) is 0.124. The molecule has 0 saturated carbocycles. The number of carboxylic acids is 1. The molecule has 0 rings (SSSR count). The maximum atomic E-state index is 11.6. The Kier molecular flexibility index (Phi) is 8.96. The Bertz CT molecular complexity index is 306. The van der Waals surface area contributed by atoms with Crippen LogP contribution in [0.2, 0.25) is 0 Å². The standard InChI is InChI=1S/C14H29N3O3/c1-10(2)8-12(13(18)19)9-16-14(20)15-6-7-17(5)11(3)4/h10-12H,6-9H2,1-5H3,(H,18,19)(H2,15,16,20). The first-order chi connectivity index (χ1) is 9.23. The Morgan fingerprint density at radius 2 is 1.75 bits per heavy atom. The third-order valence-corrected chi connectivity index (χ3v) is 3.25. The number of rotatable bonds is 9. The number of nitrogens with zero attached hydrogens (tertiary/aromatic N) is 1. The Hall–Kier alpha value is -1.30. The number of likely N-dealkylation sites (N-methyl/N-ethyl adjacent to an activating group) is 1. The number of hydrogen-bond acceptors (Lipinski definition) is 3. The molecule has 0 aromatic rings. The van der Waals surface area contributed by atoms with Crippen molar-refractivity contribution in [3.05, 3.63) is 0 Å². The predicted octanol–water partition coefficient (Wildman–Crippen LogP) is 1.37. The van der Waals surface area contributed by atoms with E-state index in [9.17, 15) is 9.59 Å². The van der Waals surface area contributed by atoms with Gasteiger partial charge in [0.25, 0.3) is 0 Å². The molecule has 0 radical (unpaired) electrons. The summed E-state index contributed by atoms with van der Waals surface area (Å²) in [5, 5.41) is 14.4. The monoisotopic (exact) mass is 287 g/mol. The molecule has 0 saturated heterocycles. The van der Waals surface area contributed by atoms with Gasteiger partial charge >= 0.3 is 12.0 Å². The van der Waals surface area contributed by atoms with Crippen molar-refractivity contribution in [2.24, 2.45) is 11.8 Å². The quantitative estimate of drug-likeness (QED) is 0.598. The van der Waals surface area contributed by atoms with Crippen LogP contribution in [0.15, 0.2) is 0 Å². The van der Waals surface area contributed by atoms with Crippen LogP contribution in [0.3, 0.4) is 0 Å². The van der Waals surface area contributed by atoms with E-state index in [2.05, 4.69) is 29.4 Å². The molecule has 2 amide bonds. The zero-order valence-electron chi connectivity index (χ0n) is 13.3. The lowest BCUT2D eigenvalue weighted by molar-refractivity contribution is -0.142. The van der Waals surface area contributed by atoms with Gasteiger partial charge in [-0.05, 0) is 33.2 Å². The molecule has 118 valence electrons. The van der Waals surface area contributed by atoms with E-state index in [-0.39, 0.29) is 12.6 Å². The van der Waals surface area contributed by atoms with Crippen molar-refractivity contribution in [3.63, 3.8) is 0 Å². The third-order valence-electron chi connectivity index (χ3n) is 3.25. The minimum Gasteiger partial charge on any atom is -0.481 e. The van der Waals surface area contributed by atoms with Crippen LogP contribution in [-0.4, -0.2) is 54.7 Å². The molecule has 3 N–H and O–H groups in total. The van der Waals surface area contributed by atoms with E-state index in [1.807, 2.05) is 20.9 Å². The van der Waals surface area contributed by atoms with Crippen LogP contribution in [0.1, 0.15) is 34.1 Å². The lowest BCUT2D eigenvalue weighted by atomic mass is 9.97. The van der Waals surface area contributed by atoms with E-state index in [1.165, 1.54) is 0 Å². The lowest BCUT2D eigenvalue weighted by Crippen LogP contribution is -2.43. The molecule has 0 spiro atoms. The van der Waals surface area contributed by atoms with Gasteiger partial charge < -0.3 is 20.6 Å². The maximum absolute atomic E-state index is 11.6. The number of carboxylic acid groups (broad SMARTS) is 1. The fourth-order valence-electron chi connectivity index (χ4n) is 1.72. The predicted molar refractivity (Wildman–Crippen MR) is 79.7 cm³/mol. The fourth-order valence-corrected chi connectivity index (χ4v) is 1.72. The molecular weight excluding hydrogens is 258 g/mol. The van der Waals surface area contributed by atoms with E-state index in [0.717, 1.165) is 6.54 Å². The highest BCUT2D eigenvalue weighted by molar-refractivity contribution is 5.75. The Morgan fingerprint density at radius 3 is 2.20 bits per heavy atom. The largest absolute Gasteiger partial charge is 0.481 e. The SMILES string of the molecule is CC(C)CC(CNC(=O)NCCN(C)C(C)C)C(=O)O. The number of carbonyl (C=O) groups is 2. The lowest BCUT2D eigenvalue weighted by Gasteiger charge is -2.21. The van der Waals surface area contributed by atoms with E-state index < -0.39 is 11.9 Å². The fraction of sp³-hybridized carbons (Fsp3) is 0.857. The molecule has 0 fully saturated rings. The van der Waals surface area contributed by atoms with E-state index in [1.54, 1.807) is 0 Å². The van der Waals surface area contributed by atoms with Crippen LogP contribution >= 0.6 is 0 Å². The second-order valence-electron chi connectivity index (χ2n) is 5.88. The summed E-state index contributed by atoms with van der Waals surface area (Å²) in [4.78, 5) is 24.7. The van der Waals surface area contributed by atoms with Gasteiger partial charge in [-0.25, -0.2) is 4.79 Å². The summed E-state index contributed by atoms with van der Waals surface area (Å²) < 4.78 is 0. The summed E-state index contributed by atoms with van der Waals surface area (Å²) in [5.41, 5.74) is 0. The van der Waals surface area contributed by atoms with E-state index >= 15 is 0 Å². The van der Waals surface area contributed by atoms with Crippen LogP contribution in [0.4, 0.5) is 4.79 Å². The molecule has 0 bridgehead atoms. The second-order valence-corrected chi connectivity index (χ2v) is 5.88. The number of carbonyl (C=O) groups excluding carboxylic acids is 1. The summed E-state index contributed by atoms with van der Waals surface area (Å²) in [6.45, 7) is 9.59. The number of amides is 2. The van der Waals surface area contributed by atoms with Gasteiger partial charge in [0.1, 0.15) is 0 Å². The van der Waals surface area contributed by atoms with Gasteiger partial charge in [-0.15, -0.1) is 0 Å². The number of hydrogen-bond donors (Lipinski definition) is 3. The molecule has 0 aromatic carbocycles. The van der Waals surface area contributed by atoms with Gasteiger partial charge in [-0.2, -0.15) is 0 Å². The van der Waals surface area contributed by atoms with E-state index in [4.69, 9.17) is 5.11 Å². The molecule has 0 aliphatic carbocycles. The summed E-state index contributed by atoms with van der Waals surface area (Å²) >= 11 is 0. The minimum atomic E-state index is -0.862. The first-order valence-corrected chi connectivity index (χ1v) is 7.18. The van der Waals surface area contributed by atoms with Crippen molar-refractivity contribution >= 4 is 12.0 Å². The topological polar surface area (TPSA) is 81.7 Å². The van der Waals surface area contributed by atoms with Crippen LogP contribution < -0.4 is 10.6 Å². The zero-order valence-corrected chi connectivity index (χ0v) is 13.3. The first-order valence-electron chi connectivity index (χ1n) is 7.18. The summed E-state index contributed by atoms with van der Waals surface area (Å²) in [5.74, 6) is -1.10. The maximum Gasteiger partial charge on any atom is 0.314 e. The highest BCUT2D eigenvalue weighted by Crippen LogP contribution is 2.10. The molecule has 0 aliphatic heterocycles.